The first-order chi connectivity index (χ1) is 9.74. The van der Waals surface area contributed by atoms with Gasteiger partial charge in [-0.1, -0.05) is 0 Å². The Morgan fingerprint density at radius 2 is 2.05 bits per heavy atom. The van der Waals surface area contributed by atoms with Gasteiger partial charge in [-0.15, -0.1) is 0 Å². The molecule has 0 bridgehead atoms. The number of carbonyl (C=O) groups is 1. The molecule has 2 fully saturated rings. The van der Waals surface area contributed by atoms with E-state index in [9.17, 15) is 4.79 Å². The van der Waals surface area contributed by atoms with E-state index >= 15 is 0 Å². The molecule has 2 heterocycles. The molecule has 2 rings (SSSR count). The Morgan fingerprint density at radius 3 is 2.65 bits per heavy atom. The van der Waals surface area contributed by atoms with Gasteiger partial charge in [0.15, 0.2) is 5.78 Å². The molecule has 6 nitrogen and oxygen atoms in total. The van der Waals surface area contributed by atoms with Crippen LogP contribution in [0.1, 0.15) is 20.3 Å². The standard InChI is InChI=1S/C13H25NO5Si/c1-3-18-20(19-4-2)9-11(15)13-12(5-6-14-13)17-8-10-7-16-10/h10,12-14,20H,3-9H2,1-2H3/t10?,12?,13-/m0/s1. The fourth-order valence-electron chi connectivity index (χ4n) is 2.40. The molecule has 0 aromatic heterocycles. The molecule has 0 amide bonds. The minimum atomic E-state index is -1.87. The molecule has 0 radical (unpaired) electrons. The minimum absolute atomic E-state index is 0.0374. The Kier molecular flexibility index (Phi) is 6.59. The van der Waals surface area contributed by atoms with Gasteiger partial charge in [0.25, 0.3) is 0 Å². The summed E-state index contributed by atoms with van der Waals surface area (Å²) in [4.78, 5) is 12.4. The van der Waals surface area contributed by atoms with Gasteiger partial charge in [-0.05, 0) is 26.8 Å². The summed E-state index contributed by atoms with van der Waals surface area (Å²) in [6, 6.07) is 0.184. The lowest BCUT2D eigenvalue weighted by Gasteiger charge is -2.21. The van der Waals surface area contributed by atoms with Crippen LogP contribution in [-0.4, -0.2) is 66.3 Å². The third-order valence-corrected chi connectivity index (χ3v) is 5.63. The molecule has 0 spiro atoms. The van der Waals surface area contributed by atoms with E-state index in [0.29, 0.717) is 25.9 Å². The SMILES string of the molecule is CCO[SiH](CC(=O)[C@@H]1NCCC1OCC1CO1)OCC. The van der Waals surface area contributed by atoms with Gasteiger partial charge < -0.3 is 23.6 Å². The summed E-state index contributed by atoms with van der Waals surface area (Å²) >= 11 is 0. The molecule has 2 saturated heterocycles. The van der Waals surface area contributed by atoms with E-state index in [2.05, 4.69) is 5.32 Å². The van der Waals surface area contributed by atoms with E-state index in [4.69, 9.17) is 18.3 Å². The highest BCUT2D eigenvalue weighted by Crippen LogP contribution is 2.18. The number of hydrogen-bond donors (Lipinski definition) is 1. The van der Waals surface area contributed by atoms with Gasteiger partial charge >= 0.3 is 9.28 Å². The van der Waals surface area contributed by atoms with Crippen molar-refractivity contribution in [3.8, 4) is 0 Å². The van der Waals surface area contributed by atoms with E-state index in [1.54, 1.807) is 0 Å². The van der Waals surface area contributed by atoms with Crippen LogP contribution < -0.4 is 5.32 Å². The fraction of sp³-hybridized carbons (Fsp3) is 0.923. The van der Waals surface area contributed by atoms with Crippen LogP contribution in [0.25, 0.3) is 0 Å². The van der Waals surface area contributed by atoms with Crippen molar-refractivity contribution in [2.24, 2.45) is 0 Å². The Morgan fingerprint density at radius 1 is 1.35 bits per heavy atom. The number of ether oxygens (including phenoxy) is 2. The molecule has 3 atom stereocenters. The molecule has 7 heteroatoms. The van der Waals surface area contributed by atoms with Crippen LogP contribution in [0.15, 0.2) is 0 Å². The number of carbonyl (C=O) groups excluding carboxylic acids is 1. The van der Waals surface area contributed by atoms with Crippen LogP contribution in [0.5, 0.6) is 0 Å². The second-order valence-electron chi connectivity index (χ2n) is 5.06. The lowest BCUT2D eigenvalue weighted by Crippen LogP contribution is -2.42. The molecule has 20 heavy (non-hydrogen) atoms. The molecule has 0 aliphatic carbocycles. The second kappa shape index (κ2) is 8.21. The molecule has 2 aliphatic rings. The average molecular weight is 303 g/mol. The number of Topliss-reactive ketones (excluding diaryl/α,β-unsaturated/α-hetero) is 1. The summed E-state index contributed by atoms with van der Waals surface area (Å²) in [6.45, 7) is 7.25. The maximum Gasteiger partial charge on any atom is 0.329 e. The van der Waals surface area contributed by atoms with Crippen LogP contribution in [0.4, 0.5) is 0 Å². The largest absolute Gasteiger partial charge is 0.397 e. The summed E-state index contributed by atoms with van der Waals surface area (Å²) < 4.78 is 22.0. The van der Waals surface area contributed by atoms with E-state index in [-0.39, 0.29) is 24.0 Å². The maximum absolute atomic E-state index is 12.4. The molecule has 0 aromatic rings. The van der Waals surface area contributed by atoms with Crippen LogP contribution in [-0.2, 0) is 23.1 Å². The van der Waals surface area contributed by atoms with Gasteiger partial charge in [0.05, 0.1) is 25.4 Å². The van der Waals surface area contributed by atoms with Crippen molar-refractivity contribution in [2.45, 2.75) is 44.6 Å². The van der Waals surface area contributed by atoms with Gasteiger partial charge in [-0.3, -0.25) is 4.79 Å². The zero-order valence-electron chi connectivity index (χ0n) is 12.3. The van der Waals surface area contributed by atoms with Gasteiger partial charge in [0.1, 0.15) is 6.10 Å². The minimum Gasteiger partial charge on any atom is -0.397 e. The number of nitrogens with one attached hydrogen (secondary N) is 1. The maximum atomic E-state index is 12.4. The smallest absolute Gasteiger partial charge is 0.329 e. The highest BCUT2D eigenvalue weighted by Gasteiger charge is 2.36. The first-order valence-electron chi connectivity index (χ1n) is 7.47. The van der Waals surface area contributed by atoms with Crippen molar-refractivity contribution in [2.75, 3.05) is 33.0 Å². The van der Waals surface area contributed by atoms with Crippen molar-refractivity contribution in [1.82, 2.24) is 5.32 Å². The molecule has 1 N–H and O–H groups in total. The third kappa shape index (κ3) is 4.91. The normalized spacial score (nSPS) is 29.1. The summed E-state index contributed by atoms with van der Waals surface area (Å²) in [5.74, 6) is 0.155. The van der Waals surface area contributed by atoms with Crippen LogP contribution in [0.3, 0.4) is 0 Å². The molecular weight excluding hydrogens is 278 g/mol. The van der Waals surface area contributed by atoms with Crippen molar-refractivity contribution in [3.05, 3.63) is 0 Å². The van der Waals surface area contributed by atoms with Crippen molar-refractivity contribution >= 4 is 15.1 Å². The number of epoxide rings is 1. The predicted octanol–water partition coefficient (Wildman–Crippen LogP) is -0.00510. The molecule has 2 unspecified atom stereocenters. The van der Waals surface area contributed by atoms with E-state index < -0.39 is 9.28 Å². The summed E-state index contributed by atoms with van der Waals surface area (Å²) in [7, 11) is -1.87. The highest BCUT2D eigenvalue weighted by atomic mass is 28.3. The van der Waals surface area contributed by atoms with Crippen molar-refractivity contribution < 1.29 is 23.1 Å². The lowest BCUT2D eigenvalue weighted by molar-refractivity contribution is -0.122. The Bertz CT molecular complexity index is 307. The van der Waals surface area contributed by atoms with Crippen LogP contribution >= 0.6 is 0 Å². The van der Waals surface area contributed by atoms with E-state index in [1.165, 1.54) is 0 Å². The first-order valence-corrected chi connectivity index (χ1v) is 9.23. The predicted molar refractivity (Wildman–Crippen MR) is 76.1 cm³/mol. The average Bonchev–Trinajstić information content (AvgIpc) is 3.13. The van der Waals surface area contributed by atoms with Crippen molar-refractivity contribution in [1.29, 1.82) is 0 Å². The molecule has 116 valence electrons. The van der Waals surface area contributed by atoms with Crippen LogP contribution in [0.2, 0.25) is 6.04 Å². The zero-order valence-corrected chi connectivity index (χ0v) is 13.5. The van der Waals surface area contributed by atoms with Gasteiger partial charge in [-0.2, -0.15) is 0 Å². The van der Waals surface area contributed by atoms with E-state index in [1.807, 2.05) is 13.8 Å². The van der Waals surface area contributed by atoms with Crippen molar-refractivity contribution in [3.63, 3.8) is 0 Å². The zero-order chi connectivity index (χ0) is 14.4. The number of ketones is 1. The highest BCUT2D eigenvalue weighted by molar-refractivity contribution is 6.49. The summed E-state index contributed by atoms with van der Waals surface area (Å²) in [5.41, 5.74) is 0. The topological polar surface area (TPSA) is 69.3 Å². The number of rotatable bonds is 10. The second-order valence-corrected chi connectivity index (χ2v) is 6.99. The molecule has 0 saturated carbocycles. The third-order valence-electron chi connectivity index (χ3n) is 3.48. The Hall–Kier alpha value is -0.313. The van der Waals surface area contributed by atoms with E-state index in [0.717, 1.165) is 19.6 Å². The lowest BCUT2D eigenvalue weighted by atomic mass is 10.1. The summed E-state index contributed by atoms with van der Waals surface area (Å²) in [6.07, 6.45) is 1.07. The fourth-order valence-corrected chi connectivity index (χ4v) is 4.06. The quantitative estimate of drug-likeness (QED) is 0.452. The molecule has 2 aliphatic heterocycles. The van der Waals surface area contributed by atoms with Gasteiger partial charge in [0, 0.05) is 19.3 Å². The Balaban J connectivity index is 1.78. The summed E-state index contributed by atoms with van der Waals surface area (Å²) in [5, 5.41) is 3.24. The number of hydrogen-bond acceptors (Lipinski definition) is 6. The van der Waals surface area contributed by atoms with Crippen LogP contribution in [0, 0.1) is 0 Å². The Labute approximate surface area is 121 Å². The monoisotopic (exact) mass is 303 g/mol. The first kappa shape index (κ1) is 16.1. The molecule has 0 aromatic carbocycles. The molecular formula is C13H25NO5Si. The van der Waals surface area contributed by atoms with Gasteiger partial charge in [0.2, 0.25) is 0 Å². The van der Waals surface area contributed by atoms with Gasteiger partial charge in [-0.25, -0.2) is 0 Å².